The van der Waals surface area contributed by atoms with Gasteiger partial charge in [-0.05, 0) is 30.2 Å². The molecule has 1 N–H and O–H groups in total. The van der Waals surface area contributed by atoms with Crippen molar-refractivity contribution in [2.45, 2.75) is 6.42 Å². The third-order valence-electron chi connectivity index (χ3n) is 2.37. The number of ether oxygens (including phenoxy) is 1. The van der Waals surface area contributed by atoms with Crippen molar-refractivity contribution in [2.75, 3.05) is 6.61 Å². The topological polar surface area (TPSA) is 42.4 Å². The molecule has 0 fully saturated rings. The quantitative estimate of drug-likeness (QED) is 0.928. The zero-order valence-electron chi connectivity index (χ0n) is 9.74. The first-order valence-electron chi connectivity index (χ1n) is 5.48. The Morgan fingerprint density at radius 3 is 2.47 bits per heavy atom. The molecule has 0 radical (unpaired) electrons. The molecule has 2 rings (SSSR count). The molecule has 0 aliphatic heterocycles. The van der Waals surface area contributed by atoms with Crippen LogP contribution in [0.3, 0.4) is 0 Å². The van der Waals surface area contributed by atoms with Gasteiger partial charge in [-0.15, -0.1) is 0 Å². The third-order valence-corrected chi connectivity index (χ3v) is 2.37. The van der Waals surface area contributed by atoms with E-state index in [0.717, 1.165) is 12.1 Å². The fourth-order valence-electron chi connectivity index (χ4n) is 1.46. The minimum absolute atomic E-state index is 0.0554. The Labute approximate surface area is 107 Å². The standard InChI is InChI=1S/C13H10F3NO2/c14-10-2-1-9(6-11(10)15)19-13-12(16)5-8(3-4-18)7-17-13/h1-2,5-7,18H,3-4H2. The molecule has 0 saturated carbocycles. The van der Waals surface area contributed by atoms with E-state index in [1.807, 2.05) is 0 Å². The number of aliphatic hydroxyl groups is 1. The molecule has 3 nitrogen and oxygen atoms in total. The van der Waals surface area contributed by atoms with Crippen LogP contribution in [0, 0.1) is 17.5 Å². The molecule has 0 unspecified atom stereocenters. The fourth-order valence-corrected chi connectivity index (χ4v) is 1.46. The van der Waals surface area contributed by atoms with Gasteiger partial charge in [0.1, 0.15) is 5.75 Å². The van der Waals surface area contributed by atoms with Crippen molar-refractivity contribution in [2.24, 2.45) is 0 Å². The van der Waals surface area contributed by atoms with Gasteiger partial charge in [0.15, 0.2) is 17.5 Å². The smallest absolute Gasteiger partial charge is 0.255 e. The van der Waals surface area contributed by atoms with Crippen molar-refractivity contribution < 1.29 is 23.0 Å². The van der Waals surface area contributed by atoms with Crippen LogP contribution in [0.25, 0.3) is 0 Å². The summed E-state index contributed by atoms with van der Waals surface area (Å²) in [6, 6.07) is 4.01. The van der Waals surface area contributed by atoms with Crippen LogP contribution in [0.5, 0.6) is 11.6 Å². The summed E-state index contributed by atoms with van der Waals surface area (Å²) in [5.74, 6) is -3.24. The second kappa shape index (κ2) is 5.71. The number of halogens is 3. The second-order valence-electron chi connectivity index (χ2n) is 3.78. The first kappa shape index (κ1) is 13.4. The summed E-state index contributed by atoms with van der Waals surface area (Å²) in [5, 5.41) is 8.71. The first-order valence-corrected chi connectivity index (χ1v) is 5.48. The van der Waals surface area contributed by atoms with Gasteiger partial charge in [-0.1, -0.05) is 0 Å². The summed E-state index contributed by atoms with van der Waals surface area (Å²) in [7, 11) is 0. The molecule has 0 saturated heterocycles. The summed E-state index contributed by atoms with van der Waals surface area (Å²) in [5.41, 5.74) is 0.512. The van der Waals surface area contributed by atoms with Crippen molar-refractivity contribution in [1.29, 1.82) is 0 Å². The van der Waals surface area contributed by atoms with E-state index in [2.05, 4.69) is 4.98 Å². The lowest BCUT2D eigenvalue weighted by atomic mass is 10.2. The number of rotatable bonds is 4. The van der Waals surface area contributed by atoms with Gasteiger partial charge in [-0.2, -0.15) is 0 Å². The van der Waals surface area contributed by atoms with Crippen LogP contribution in [0.15, 0.2) is 30.5 Å². The average molecular weight is 269 g/mol. The van der Waals surface area contributed by atoms with E-state index in [4.69, 9.17) is 9.84 Å². The summed E-state index contributed by atoms with van der Waals surface area (Å²) in [6.07, 6.45) is 1.61. The highest BCUT2D eigenvalue weighted by Gasteiger charge is 2.10. The Hall–Kier alpha value is -2.08. The van der Waals surface area contributed by atoms with Crippen molar-refractivity contribution in [3.63, 3.8) is 0 Å². The molecule has 0 atom stereocenters. The number of pyridine rings is 1. The van der Waals surface area contributed by atoms with Gasteiger partial charge in [0, 0.05) is 18.9 Å². The van der Waals surface area contributed by atoms with Crippen molar-refractivity contribution in [3.05, 3.63) is 53.5 Å². The third kappa shape index (κ3) is 3.23. The number of aromatic nitrogens is 1. The van der Waals surface area contributed by atoms with Crippen LogP contribution >= 0.6 is 0 Å². The Morgan fingerprint density at radius 2 is 1.84 bits per heavy atom. The Kier molecular flexibility index (Phi) is 4.01. The van der Waals surface area contributed by atoms with E-state index in [0.29, 0.717) is 5.56 Å². The largest absolute Gasteiger partial charge is 0.436 e. The minimum Gasteiger partial charge on any atom is -0.436 e. The van der Waals surface area contributed by atoms with E-state index in [1.165, 1.54) is 18.3 Å². The van der Waals surface area contributed by atoms with Crippen molar-refractivity contribution >= 4 is 0 Å². The molecule has 0 aliphatic carbocycles. The fraction of sp³-hybridized carbons (Fsp3) is 0.154. The molecule has 1 aromatic heterocycles. The van der Waals surface area contributed by atoms with E-state index in [9.17, 15) is 13.2 Å². The summed E-state index contributed by atoms with van der Waals surface area (Å²) in [4.78, 5) is 3.72. The number of aliphatic hydroxyl groups excluding tert-OH is 1. The van der Waals surface area contributed by atoms with Gasteiger partial charge in [0.2, 0.25) is 0 Å². The minimum atomic E-state index is -1.09. The average Bonchev–Trinajstić information content (AvgIpc) is 2.37. The second-order valence-corrected chi connectivity index (χ2v) is 3.78. The molecule has 1 heterocycles. The number of hydrogen-bond donors (Lipinski definition) is 1. The highest BCUT2D eigenvalue weighted by Crippen LogP contribution is 2.24. The molecule has 0 aliphatic rings. The van der Waals surface area contributed by atoms with Crippen molar-refractivity contribution in [1.82, 2.24) is 4.98 Å². The van der Waals surface area contributed by atoms with Crippen LogP contribution < -0.4 is 4.74 Å². The predicted molar refractivity (Wildman–Crippen MR) is 61.4 cm³/mol. The van der Waals surface area contributed by atoms with Gasteiger partial charge < -0.3 is 9.84 Å². The lowest BCUT2D eigenvalue weighted by molar-refractivity contribution is 0.299. The van der Waals surface area contributed by atoms with E-state index >= 15 is 0 Å². The lowest BCUT2D eigenvalue weighted by Crippen LogP contribution is -1.97. The SMILES string of the molecule is OCCc1cnc(Oc2ccc(F)c(F)c2)c(F)c1. The monoisotopic (exact) mass is 269 g/mol. The first-order chi connectivity index (χ1) is 9.10. The molecule has 0 amide bonds. The van der Waals surface area contributed by atoms with Gasteiger partial charge in [-0.25, -0.2) is 18.2 Å². The van der Waals surface area contributed by atoms with Gasteiger partial charge in [0.05, 0.1) is 0 Å². The zero-order valence-corrected chi connectivity index (χ0v) is 9.74. The van der Waals surface area contributed by atoms with Crippen LogP contribution in [-0.4, -0.2) is 16.7 Å². The van der Waals surface area contributed by atoms with Gasteiger partial charge in [0.25, 0.3) is 5.88 Å². The molecule has 100 valence electrons. The molecule has 2 aromatic rings. The number of nitrogens with zero attached hydrogens (tertiary/aromatic N) is 1. The molecule has 0 spiro atoms. The van der Waals surface area contributed by atoms with Crippen LogP contribution in [0.2, 0.25) is 0 Å². The Balaban J connectivity index is 2.20. The predicted octanol–water partition coefficient (Wildman–Crippen LogP) is 2.83. The summed E-state index contributed by atoms with van der Waals surface area (Å²) >= 11 is 0. The van der Waals surface area contributed by atoms with Crippen LogP contribution in [0.1, 0.15) is 5.56 Å². The van der Waals surface area contributed by atoms with Crippen LogP contribution in [-0.2, 0) is 6.42 Å². The maximum atomic E-state index is 13.6. The lowest BCUT2D eigenvalue weighted by Gasteiger charge is -2.07. The molecular formula is C13H10F3NO2. The Bertz CT molecular complexity index is 590. The highest BCUT2D eigenvalue weighted by molar-refractivity contribution is 5.29. The maximum Gasteiger partial charge on any atom is 0.255 e. The molecule has 6 heteroatoms. The summed E-state index contributed by atoms with van der Waals surface area (Å²) in [6.45, 7) is -0.121. The Morgan fingerprint density at radius 1 is 1.05 bits per heavy atom. The maximum absolute atomic E-state index is 13.6. The number of hydrogen-bond acceptors (Lipinski definition) is 3. The van der Waals surface area contributed by atoms with Crippen molar-refractivity contribution in [3.8, 4) is 11.6 Å². The number of benzene rings is 1. The van der Waals surface area contributed by atoms with E-state index in [1.54, 1.807) is 0 Å². The molecular weight excluding hydrogens is 259 g/mol. The molecule has 0 bridgehead atoms. The molecule has 1 aromatic carbocycles. The summed E-state index contributed by atoms with van der Waals surface area (Å²) < 4.78 is 44.3. The van der Waals surface area contributed by atoms with Gasteiger partial charge >= 0.3 is 0 Å². The van der Waals surface area contributed by atoms with E-state index in [-0.39, 0.29) is 24.7 Å². The van der Waals surface area contributed by atoms with Crippen LogP contribution in [0.4, 0.5) is 13.2 Å². The molecule has 19 heavy (non-hydrogen) atoms. The van der Waals surface area contributed by atoms with E-state index < -0.39 is 17.5 Å². The van der Waals surface area contributed by atoms with Gasteiger partial charge in [-0.3, -0.25) is 0 Å². The zero-order chi connectivity index (χ0) is 13.8. The highest BCUT2D eigenvalue weighted by atomic mass is 19.2. The normalized spacial score (nSPS) is 10.5.